The Labute approximate surface area is 433 Å². The molecule has 0 aliphatic carbocycles. The van der Waals surface area contributed by atoms with Gasteiger partial charge in [0.1, 0.15) is 0 Å². The average molecular weight is 939 g/mol. The van der Waals surface area contributed by atoms with Crippen LogP contribution in [0.4, 0.5) is 0 Å². The standard InChI is InChI=1S/C74H50/c1-5-21-53(22-6-1)71(54-23-7-2-8-24-54)49-51-37-41-57(42-38-51)59-45-47-69(63-31-15-13-29-61(59)63)73-65-33-17-19-35-67(65)74(68-36-20-18-34-66(68)73)70-48-46-60(62-30-14-16-32-64(62)70)58-43-39-52(40-44-58)50-72(55-25-9-3-10-26-55)56-27-11-4-12-28-56/h1-50H. The number of rotatable bonds is 10. The maximum Gasteiger partial charge on any atom is -0.00201 e. The molecule has 0 bridgehead atoms. The van der Waals surface area contributed by atoms with Gasteiger partial charge in [-0.2, -0.15) is 0 Å². The Balaban J connectivity index is 0.900. The van der Waals surface area contributed by atoms with Crippen molar-refractivity contribution in [1.82, 2.24) is 0 Å². The first-order chi connectivity index (χ1) is 36.7. The summed E-state index contributed by atoms with van der Waals surface area (Å²) in [5.41, 5.74) is 19.4. The fourth-order valence-corrected chi connectivity index (χ4v) is 11.2. The van der Waals surface area contributed by atoms with E-state index in [-0.39, 0.29) is 0 Å². The minimum atomic E-state index is 1.16. The summed E-state index contributed by atoms with van der Waals surface area (Å²) in [5.74, 6) is 0. The Kier molecular flexibility index (Phi) is 11.7. The van der Waals surface area contributed by atoms with Crippen LogP contribution in [0.15, 0.2) is 291 Å². The molecular formula is C74H50. The molecule has 0 aromatic heterocycles. The van der Waals surface area contributed by atoms with Crippen LogP contribution in [0, 0.1) is 0 Å². The van der Waals surface area contributed by atoms with Crippen molar-refractivity contribution in [2.75, 3.05) is 0 Å². The normalized spacial score (nSPS) is 11.2. The van der Waals surface area contributed by atoms with Crippen LogP contribution in [0.25, 0.3) is 111 Å². The summed E-state index contributed by atoms with van der Waals surface area (Å²) in [6.07, 6.45) is 4.61. The molecule has 0 saturated heterocycles. The first kappa shape index (κ1) is 44.3. The van der Waals surface area contributed by atoms with Gasteiger partial charge in [0.05, 0.1) is 0 Å². The van der Waals surface area contributed by atoms with Gasteiger partial charge in [-0.25, -0.2) is 0 Å². The highest BCUT2D eigenvalue weighted by molar-refractivity contribution is 6.26. The third-order valence-electron chi connectivity index (χ3n) is 14.7. The van der Waals surface area contributed by atoms with E-state index in [0.717, 1.165) is 11.1 Å². The molecular weight excluding hydrogens is 889 g/mol. The molecule has 0 spiro atoms. The lowest BCUT2D eigenvalue weighted by atomic mass is 9.82. The number of fused-ring (bicyclic) bond motifs is 4. The quantitative estimate of drug-likeness (QED) is 0.0947. The second kappa shape index (κ2) is 19.5. The van der Waals surface area contributed by atoms with E-state index in [1.807, 2.05) is 0 Å². The van der Waals surface area contributed by atoms with E-state index in [9.17, 15) is 0 Å². The maximum atomic E-state index is 2.36. The third-order valence-corrected chi connectivity index (χ3v) is 14.7. The van der Waals surface area contributed by atoms with Crippen LogP contribution in [-0.2, 0) is 0 Å². The van der Waals surface area contributed by atoms with Crippen molar-refractivity contribution < 1.29 is 0 Å². The Bertz CT molecular complexity index is 3810. The van der Waals surface area contributed by atoms with Crippen LogP contribution < -0.4 is 0 Å². The molecule has 0 unspecified atom stereocenters. The minimum Gasteiger partial charge on any atom is -0.0622 e. The predicted molar refractivity (Wildman–Crippen MR) is 318 cm³/mol. The summed E-state index contributed by atoms with van der Waals surface area (Å²) in [7, 11) is 0. The highest BCUT2D eigenvalue weighted by Crippen LogP contribution is 2.48. The van der Waals surface area contributed by atoms with Gasteiger partial charge >= 0.3 is 0 Å². The van der Waals surface area contributed by atoms with Crippen LogP contribution in [0.2, 0.25) is 0 Å². The lowest BCUT2D eigenvalue weighted by molar-refractivity contribution is 1.55. The van der Waals surface area contributed by atoms with Crippen molar-refractivity contribution in [3.8, 4) is 44.5 Å². The molecule has 0 N–H and O–H groups in total. The van der Waals surface area contributed by atoms with Crippen molar-refractivity contribution in [2.24, 2.45) is 0 Å². The van der Waals surface area contributed by atoms with Gasteiger partial charge in [-0.05, 0) is 144 Å². The van der Waals surface area contributed by atoms with E-state index in [1.165, 1.54) is 121 Å². The number of benzene rings is 13. The highest BCUT2D eigenvalue weighted by Gasteiger charge is 2.21. The largest absolute Gasteiger partial charge is 0.0622 e. The van der Waals surface area contributed by atoms with Gasteiger partial charge in [0.15, 0.2) is 0 Å². The molecule has 0 atom stereocenters. The van der Waals surface area contributed by atoms with Crippen LogP contribution in [0.5, 0.6) is 0 Å². The summed E-state index contributed by atoms with van der Waals surface area (Å²) in [5, 5.41) is 9.90. The molecule has 0 aliphatic heterocycles. The minimum absolute atomic E-state index is 1.16. The SMILES string of the molecule is C(=C(c1ccccc1)c1ccccc1)c1ccc(-c2ccc(-c3c4ccccc4c(-c4ccc(-c5ccc(C=C(c6ccccc6)c6ccccc6)cc5)c5ccccc45)c4ccccc34)c3ccccc23)cc1. The van der Waals surface area contributed by atoms with Gasteiger partial charge in [0, 0.05) is 0 Å². The molecule has 0 radical (unpaired) electrons. The fourth-order valence-electron chi connectivity index (χ4n) is 11.2. The molecule has 13 rings (SSSR count). The van der Waals surface area contributed by atoms with Crippen LogP contribution in [0.3, 0.4) is 0 Å². The van der Waals surface area contributed by atoms with Crippen molar-refractivity contribution in [1.29, 1.82) is 0 Å². The van der Waals surface area contributed by atoms with Crippen LogP contribution in [-0.4, -0.2) is 0 Å². The zero-order valence-corrected chi connectivity index (χ0v) is 40.9. The predicted octanol–water partition coefficient (Wildman–Crippen LogP) is 20.1. The summed E-state index contributed by atoms with van der Waals surface area (Å²) in [4.78, 5) is 0. The Morgan fingerprint density at radius 2 is 0.419 bits per heavy atom. The molecule has 0 nitrogen and oxygen atoms in total. The molecule has 0 heterocycles. The molecule has 0 amide bonds. The molecule has 13 aromatic rings. The fraction of sp³-hybridized carbons (Fsp3) is 0. The first-order valence-corrected chi connectivity index (χ1v) is 25.6. The summed E-state index contributed by atoms with van der Waals surface area (Å²) >= 11 is 0. The third kappa shape index (κ3) is 8.29. The topological polar surface area (TPSA) is 0 Å². The number of hydrogen-bond acceptors (Lipinski definition) is 0. The Hall–Kier alpha value is -9.62. The molecule has 13 aromatic carbocycles. The van der Waals surface area contributed by atoms with Gasteiger partial charge in [0.25, 0.3) is 0 Å². The zero-order valence-electron chi connectivity index (χ0n) is 40.9. The average Bonchev–Trinajstić information content (AvgIpc) is 3.49. The van der Waals surface area contributed by atoms with Gasteiger partial charge in [0.2, 0.25) is 0 Å². The molecule has 74 heavy (non-hydrogen) atoms. The van der Waals surface area contributed by atoms with E-state index in [0.29, 0.717) is 0 Å². The van der Waals surface area contributed by atoms with Gasteiger partial charge in [-0.15, -0.1) is 0 Å². The Morgan fingerprint density at radius 1 is 0.189 bits per heavy atom. The maximum absolute atomic E-state index is 2.36. The van der Waals surface area contributed by atoms with Gasteiger partial charge in [-0.1, -0.05) is 291 Å². The van der Waals surface area contributed by atoms with E-state index < -0.39 is 0 Å². The van der Waals surface area contributed by atoms with Crippen molar-refractivity contribution in [2.45, 2.75) is 0 Å². The molecule has 0 saturated carbocycles. The second-order valence-electron chi connectivity index (χ2n) is 19.1. The van der Waals surface area contributed by atoms with Gasteiger partial charge < -0.3 is 0 Å². The lowest BCUT2D eigenvalue weighted by Gasteiger charge is -2.21. The molecule has 346 valence electrons. The van der Waals surface area contributed by atoms with Crippen LogP contribution >= 0.6 is 0 Å². The molecule has 0 fully saturated rings. The summed E-state index contributed by atoms with van der Waals surface area (Å²) in [6, 6.07) is 106. The van der Waals surface area contributed by atoms with Crippen molar-refractivity contribution in [3.05, 3.63) is 325 Å². The van der Waals surface area contributed by atoms with E-state index >= 15 is 0 Å². The highest BCUT2D eigenvalue weighted by atomic mass is 14.2. The van der Waals surface area contributed by atoms with Crippen molar-refractivity contribution >= 4 is 66.4 Å². The van der Waals surface area contributed by atoms with Crippen molar-refractivity contribution in [3.63, 3.8) is 0 Å². The van der Waals surface area contributed by atoms with E-state index in [1.54, 1.807) is 0 Å². The smallest absolute Gasteiger partial charge is 0.00201 e. The Morgan fingerprint density at radius 3 is 0.703 bits per heavy atom. The number of hydrogen-bond donors (Lipinski definition) is 0. The summed E-state index contributed by atoms with van der Waals surface area (Å²) < 4.78 is 0. The first-order valence-electron chi connectivity index (χ1n) is 25.6. The van der Waals surface area contributed by atoms with Gasteiger partial charge in [-0.3, -0.25) is 0 Å². The molecule has 0 aliphatic rings. The summed E-state index contributed by atoms with van der Waals surface area (Å²) in [6.45, 7) is 0. The zero-order chi connectivity index (χ0) is 49.2. The van der Waals surface area contributed by atoms with E-state index in [2.05, 4.69) is 303 Å². The van der Waals surface area contributed by atoms with E-state index in [4.69, 9.17) is 0 Å². The second-order valence-corrected chi connectivity index (χ2v) is 19.1. The molecule has 0 heteroatoms. The monoisotopic (exact) mass is 938 g/mol. The van der Waals surface area contributed by atoms with Crippen LogP contribution in [0.1, 0.15) is 33.4 Å². The lowest BCUT2D eigenvalue weighted by Crippen LogP contribution is -1.93.